The predicted molar refractivity (Wildman–Crippen MR) is 84.6 cm³/mol. The van der Waals surface area contributed by atoms with Crippen molar-refractivity contribution in [3.63, 3.8) is 0 Å². The van der Waals surface area contributed by atoms with Crippen LogP contribution >= 0.6 is 0 Å². The van der Waals surface area contributed by atoms with Gasteiger partial charge in [0.1, 0.15) is 0 Å². The summed E-state index contributed by atoms with van der Waals surface area (Å²) in [5, 5.41) is 5.90. The molecule has 21 heavy (non-hydrogen) atoms. The van der Waals surface area contributed by atoms with Gasteiger partial charge in [-0.2, -0.15) is 0 Å². The molecule has 3 unspecified atom stereocenters. The number of ketones is 1. The number of hydrogen-bond donors (Lipinski definition) is 2. The van der Waals surface area contributed by atoms with Gasteiger partial charge < -0.3 is 10.6 Å². The quantitative estimate of drug-likeness (QED) is 0.830. The average molecular weight is 288 g/mol. The van der Waals surface area contributed by atoms with E-state index in [1.165, 1.54) is 19.8 Å². The number of hydrogen-bond acceptors (Lipinski definition) is 2. The van der Waals surface area contributed by atoms with Crippen molar-refractivity contribution in [2.45, 2.75) is 46.1 Å². The molecular weight excluding hydrogens is 264 g/mol. The molecule has 2 amide bonds. The number of carbonyl (C=O) groups excluding carboxylic acids is 2. The number of Topliss-reactive ketones (excluding diaryl/α,β-unsaturated/α-hetero) is 1. The van der Waals surface area contributed by atoms with E-state index in [2.05, 4.69) is 24.5 Å². The lowest BCUT2D eigenvalue weighted by Crippen LogP contribution is -2.45. The Labute approximate surface area is 126 Å². The van der Waals surface area contributed by atoms with Gasteiger partial charge in [0.2, 0.25) is 0 Å². The van der Waals surface area contributed by atoms with E-state index in [0.29, 0.717) is 23.1 Å². The van der Waals surface area contributed by atoms with E-state index in [-0.39, 0.29) is 17.9 Å². The Hall–Kier alpha value is -1.84. The Morgan fingerprint density at radius 2 is 1.76 bits per heavy atom. The van der Waals surface area contributed by atoms with Crippen LogP contribution in [0.2, 0.25) is 0 Å². The summed E-state index contributed by atoms with van der Waals surface area (Å²) in [7, 11) is 0. The minimum absolute atomic E-state index is 0.0241. The van der Waals surface area contributed by atoms with Crippen LogP contribution in [0.3, 0.4) is 0 Å². The molecule has 1 aromatic rings. The van der Waals surface area contributed by atoms with Crippen LogP contribution in [-0.2, 0) is 0 Å². The van der Waals surface area contributed by atoms with E-state index in [1.54, 1.807) is 24.3 Å². The first-order valence-corrected chi connectivity index (χ1v) is 7.66. The molecule has 1 aliphatic carbocycles. The summed E-state index contributed by atoms with van der Waals surface area (Å²) in [4.78, 5) is 23.3. The van der Waals surface area contributed by atoms with Crippen LogP contribution in [0.1, 0.15) is 50.4 Å². The Morgan fingerprint density at radius 1 is 1.10 bits per heavy atom. The van der Waals surface area contributed by atoms with Crippen molar-refractivity contribution in [2.75, 3.05) is 5.32 Å². The molecule has 2 N–H and O–H groups in total. The minimum atomic E-state index is -0.170. The Kier molecular flexibility index (Phi) is 4.99. The molecule has 0 aliphatic heterocycles. The van der Waals surface area contributed by atoms with E-state index in [9.17, 15) is 9.59 Å². The maximum absolute atomic E-state index is 12.1. The lowest BCUT2D eigenvalue weighted by Gasteiger charge is -2.34. The smallest absolute Gasteiger partial charge is 0.319 e. The van der Waals surface area contributed by atoms with Gasteiger partial charge in [-0.05, 0) is 49.4 Å². The summed E-state index contributed by atoms with van der Waals surface area (Å²) in [6, 6.07) is 7.03. The average Bonchev–Trinajstić information content (AvgIpc) is 2.44. The fourth-order valence-corrected chi connectivity index (χ4v) is 2.91. The Bertz CT molecular complexity index is 510. The van der Waals surface area contributed by atoms with Crippen LogP contribution in [0.25, 0.3) is 0 Å². The lowest BCUT2D eigenvalue weighted by molar-refractivity contribution is 0.101. The second-order valence-corrected chi connectivity index (χ2v) is 6.11. The monoisotopic (exact) mass is 288 g/mol. The molecule has 0 radical (unpaired) electrons. The second kappa shape index (κ2) is 6.74. The molecule has 0 aromatic heterocycles. The van der Waals surface area contributed by atoms with Gasteiger partial charge in [0.15, 0.2) is 5.78 Å². The molecule has 1 aromatic carbocycles. The van der Waals surface area contributed by atoms with Crippen LogP contribution in [0.5, 0.6) is 0 Å². The maximum atomic E-state index is 12.1. The highest BCUT2D eigenvalue weighted by molar-refractivity contribution is 5.95. The van der Waals surface area contributed by atoms with Crippen molar-refractivity contribution >= 4 is 17.5 Å². The van der Waals surface area contributed by atoms with Gasteiger partial charge >= 0.3 is 6.03 Å². The number of carbonyl (C=O) groups is 2. The normalized spacial score (nSPS) is 25.2. The van der Waals surface area contributed by atoms with Crippen molar-refractivity contribution in [3.05, 3.63) is 29.8 Å². The zero-order valence-corrected chi connectivity index (χ0v) is 13.0. The summed E-state index contributed by atoms with van der Waals surface area (Å²) >= 11 is 0. The second-order valence-electron chi connectivity index (χ2n) is 6.11. The van der Waals surface area contributed by atoms with Crippen molar-refractivity contribution in [1.29, 1.82) is 0 Å². The van der Waals surface area contributed by atoms with Crippen LogP contribution < -0.4 is 10.6 Å². The highest BCUT2D eigenvalue weighted by Crippen LogP contribution is 2.29. The van der Waals surface area contributed by atoms with Gasteiger partial charge in [0, 0.05) is 17.3 Å². The summed E-state index contributed by atoms with van der Waals surface area (Å²) in [5.74, 6) is 1.18. The lowest BCUT2D eigenvalue weighted by atomic mass is 9.78. The standard InChI is InChI=1S/C17H24N2O2/c1-11-5-4-6-16(12(11)2)19-17(21)18-15-9-7-14(8-10-15)13(3)20/h7-12,16H,4-6H2,1-3H3,(H2,18,19,21). The van der Waals surface area contributed by atoms with Gasteiger partial charge in [-0.25, -0.2) is 4.79 Å². The molecule has 2 rings (SSSR count). The number of nitrogens with one attached hydrogen (secondary N) is 2. The van der Waals surface area contributed by atoms with Crippen molar-refractivity contribution in [1.82, 2.24) is 5.32 Å². The highest BCUT2D eigenvalue weighted by atomic mass is 16.2. The molecule has 3 atom stereocenters. The Morgan fingerprint density at radius 3 is 2.38 bits per heavy atom. The molecular formula is C17H24N2O2. The first kappa shape index (κ1) is 15.5. The van der Waals surface area contributed by atoms with E-state index in [4.69, 9.17) is 0 Å². The largest absolute Gasteiger partial charge is 0.335 e. The molecule has 0 saturated heterocycles. The maximum Gasteiger partial charge on any atom is 0.319 e. The molecule has 0 bridgehead atoms. The molecule has 0 spiro atoms. The number of rotatable bonds is 3. The molecule has 114 valence electrons. The number of urea groups is 1. The first-order valence-electron chi connectivity index (χ1n) is 7.66. The third kappa shape index (κ3) is 4.06. The van der Waals surface area contributed by atoms with Gasteiger partial charge in [0.25, 0.3) is 0 Å². The topological polar surface area (TPSA) is 58.2 Å². The summed E-state index contributed by atoms with van der Waals surface area (Å²) in [6.45, 7) is 5.98. The Balaban J connectivity index is 1.90. The zero-order valence-electron chi connectivity index (χ0n) is 13.0. The van der Waals surface area contributed by atoms with Crippen LogP contribution in [0, 0.1) is 11.8 Å². The zero-order chi connectivity index (χ0) is 15.4. The fraction of sp³-hybridized carbons (Fsp3) is 0.529. The van der Waals surface area contributed by atoms with E-state index < -0.39 is 0 Å². The van der Waals surface area contributed by atoms with Crippen LogP contribution in [-0.4, -0.2) is 17.9 Å². The summed E-state index contributed by atoms with van der Waals surface area (Å²) in [5.41, 5.74) is 1.35. The van der Waals surface area contributed by atoms with Crippen molar-refractivity contribution in [2.24, 2.45) is 11.8 Å². The third-order valence-corrected chi connectivity index (χ3v) is 4.57. The molecule has 1 fully saturated rings. The number of anilines is 1. The summed E-state index contributed by atoms with van der Waals surface area (Å²) in [6.07, 6.45) is 3.46. The van der Waals surface area contributed by atoms with E-state index >= 15 is 0 Å². The first-order chi connectivity index (χ1) is 9.97. The van der Waals surface area contributed by atoms with Crippen LogP contribution in [0.4, 0.5) is 10.5 Å². The minimum Gasteiger partial charge on any atom is -0.335 e. The van der Waals surface area contributed by atoms with Gasteiger partial charge in [-0.3, -0.25) is 4.79 Å². The molecule has 1 saturated carbocycles. The highest BCUT2D eigenvalue weighted by Gasteiger charge is 2.28. The van der Waals surface area contributed by atoms with E-state index in [0.717, 1.165) is 6.42 Å². The van der Waals surface area contributed by atoms with Gasteiger partial charge in [0.05, 0.1) is 0 Å². The SMILES string of the molecule is CC(=O)c1ccc(NC(=O)NC2CCCC(C)C2C)cc1. The van der Waals surface area contributed by atoms with Crippen LogP contribution in [0.15, 0.2) is 24.3 Å². The van der Waals surface area contributed by atoms with Crippen molar-refractivity contribution in [3.8, 4) is 0 Å². The fourth-order valence-electron chi connectivity index (χ4n) is 2.91. The van der Waals surface area contributed by atoms with Gasteiger partial charge in [-0.15, -0.1) is 0 Å². The van der Waals surface area contributed by atoms with Gasteiger partial charge in [-0.1, -0.05) is 26.7 Å². The summed E-state index contributed by atoms with van der Waals surface area (Å²) < 4.78 is 0. The molecule has 0 heterocycles. The number of benzene rings is 1. The van der Waals surface area contributed by atoms with Crippen molar-refractivity contribution < 1.29 is 9.59 Å². The predicted octanol–water partition coefficient (Wildman–Crippen LogP) is 3.84. The molecule has 4 heteroatoms. The molecule has 1 aliphatic rings. The van der Waals surface area contributed by atoms with E-state index in [1.807, 2.05) is 0 Å². The third-order valence-electron chi connectivity index (χ3n) is 4.57. The molecule has 4 nitrogen and oxygen atoms in total. The number of amides is 2.